The van der Waals surface area contributed by atoms with E-state index in [1.807, 2.05) is 23.6 Å². The van der Waals surface area contributed by atoms with Crippen molar-refractivity contribution in [3.63, 3.8) is 0 Å². The second-order valence-corrected chi connectivity index (χ2v) is 7.86. The molecular formula is C21H22FN5OS. The normalized spacial score (nSPS) is 13.4. The van der Waals surface area contributed by atoms with Crippen molar-refractivity contribution >= 4 is 17.7 Å². The molecule has 4 rings (SSSR count). The molecule has 1 aromatic carbocycles. The summed E-state index contributed by atoms with van der Waals surface area (Å²) in [5.41, 5.74) is 1.49. The molecule has 1 fully saturated rings. The Balaban J connectivity index is 1.46. The summed E-state index contributed by atoms with van der Waals surface area (Å²) in [5.74, 6) is 0.734. The summed E-state index contributed by atoms with van der Waals surface area (Å²) in [7, 11) is 0. The minimum absolute atomic E-state index is 0.00290. The molecule has 1 aliphatic carbocycles. The summed E-state index contributed by atoms with van der Waals surface area (Å²) >= 11 is 1.37. The van der Waals surface area contributed by atoms with Crippen molar-refractivity contribution in [2.75, 3.05) is 5.75 Å². The monoisotopic (exact) mass is 411 g/mol. The van der Waals surface area contributed by atoms with Gasteiger partial charge in [-0.2, -0.15) is 0 Å². The third-order valence-electron chi connectivity index (χ3n) is 4.90. The van der Waals surface area contributed by atoms with Gasteiger partial charge in [0.2, 0.25) is 5.91 Å². The predicted octanol–water partition coefficient (Wildman–Crippen LogP) is 3.78. The molecule has 2 aromatic heterocycles. The lowest BCUT2D eigenvalue weighted by molar-refractivity contribution is -0.129. The molecule has 0 aliphatic heterocycles. The van der Waals surface area contributed by atoms with E-state index in [1.165, 1.54) is 17.8 Å². The Bertz CT molecular complexity index is 990. The SMILES string of the molecule is CCn1c(SCC(=O)N(Cc2ccccc2F)C2CC2)nnc1-c1ccncc1. The second-order valence-electron chi connectivity index (χ2n) is 6.92. The Hall–Kier alpha value is -2.74. The van der Waals surface area contributed by atoms with Gasteiger partial charge in [-0.1, -0.05) is 30.0 Å². The van der Waals surface area contributed by atoms with Crippen LogP contribution in [0.3, 0.4) is 0 Å². The minimum atomic E-state index is -0.272. The summed E-state index contributed by atoms with van der Waals surface area (Å²) in [5, 5.41) is 9.28. The van der Waals surface area contributed by atoms with Gasteiger partial charge in [0.05, 0.1) is 5.75 Å². The van der Waals surface area contributed by atoms with Gasteiger partial charge < -0.3 is 9.47 Å². The molecule has 8 heteroatoms. The van der Waals surface area contributed by atoms with Crippen molar-refractivity contribution in [1.29, 1.82) is 0 Å². The van der Waals surface area contributed by atoms with Crippen molar-refractivity contribution in [3.8, 4) is 11.4 Å². The van der Waals surface area contributed by atoms with Crippen LogP contribution in [0, 0.1) is 5.82 Å². The van der Waals surface area contributed by atoms with Crippen LogP contribution >= 0.6 is 11.8 Å². The van der Waals surface area contributed by atoms with Gasteiger partial charge in [0.1, 0.15) is 5.82 Å². The van der Waals surface area contributed by atoms with Gasteiger partial charge in [-0.05, 0) is 38.0 Å². The Labute approximate surface area is 173 Å². The highest BCUT2D eigenvalue weighted by molar-refractivity contribution is 7.99. The van der Waals surface area contributed by atoms with E-state index in [1.54, 1.807) is 35.5 Å². The quantitative estimate of drug-likeness (QED) is 0.528. The van der Waals surface area contributed by atoms with Crippen LogP contribution in [0.5, 0.6) is 0 Å². The molecule has 6 nitrogen and oxygen atoms in total. The zero-order valence-corrected chi connectivity index (χ0v) is 17.0. The molecule has 0 atom stereocenters. The van der Waals surface area contributed by atoms with Crippen LogP contribution in [0.4, 0.5) is 4.39 Å². The zero-order chi connectivity index (χ0) is 20.2. The average molecular weight is 412 g/mol. The number of hydrogen-bond donors (Lipinski definition) is 0. The number of rotatable bonds is 8. The summed E-state index contributed by atoms with van der Waals surface area (Å²) in [6.07, 6.45) is 5.39. The summed E-state index contributed by atoms with van der Waals surface area (Å²) < 4.78 is 16.0. The van der Waals surface area contributed by atoms with Crippen LogP contribution in [0.2, 0.25) is 0 Å². The highest BCUT2D eigenvalue weighted by Crippen LogP contribution is 2.30. The first-order valence-corrected chi connectivity index (χ1v) is 10.6. The number of pyridine rings is 1. The molecule has 2 heterocycles. The average Bonchev–Trinajstić information content (AvgIpc) is 3.50. The van der Waals surface area contributed by atoms with Crippen molar-refractivity contribution in [3.05, 3.63) is 60.2 Å². The van der Waals surface area contributed by atoms with E-state index in [0.29, 0.717) is 23.8 Å². The maximum absolute atomic E-state index is 14.0. The van der Waals surface area contributed by atoms with E-state index in [2.05, 4.69) is 15.2 Å². The molecule has 0 saturated heterocycles. The number of aromatic nitrogens is 4. The van der Waals surface area contributed by atoms with Crippen molar-refractivity contribution in [2.45, 2.75) is 44.1 Å². The van der Waals surface area contributed by atoms with Crippen LogP contribution in [0.1, 0.15) is 25.3 Å². The molecule has 0 N–H and O–H groups in total. The third kappa shape index (κ3) is 4.48. The predicted molar refractivity (Wildman–Crippen MR) is 110 cm³/mol. The number of nitrogens with zero attached hydrogens (tertiary/aromatic N) is 5. The molecule has 0 radical (unpaired) electrons. The molecule has 29 heavy (non-hydrogen) atoms. The van der Waals surface area contributed by atoms with E-state index in [-0.39, 0.29) is 23.5 Å². The summed E-state index contributed by atoms with van der Waals surface area (Å²) in [6.45, 7) is 3.02. The molecule has 0 unspecified atom stereocenters. The van der Waals surface area contributed by atoms with Gasteiger partial charge in [0.15, 0.2) is 11.0 Å². The standard InChI is InChI=1S/C21H22FN5OS/c1-2-26-20(15-9-11-23-12-10-15)24-25-21(26)29-14-19(28)27(17-7-8-17)13-16-5-3-4-6-18(16)22/h3-6,9-12,17H,2,7-8,13-14H2,1H3. The Morgan fingerprint density at radius 1 is 1.21 bits per heavy atom. The number of hydrogen-bond acceptors (Lipinski definition) is 5. The lowest BCUT2D eigenvalue weighted by Crippen LogP contribution is -2.34. The van der Waals surface area contributed by atoms with Crippen LogP contribution < -0.4 is 0 Å². The van der Waals surface area contributed by atoms with E-state index < -0.39 is 0 Å². The maximum atomic E-state index is 14.0. The number of carbonyl (C=O) groups is 1. The van der Waals surface area contributed by atoms with Crippen molar-refractivity contribution in [2.24, 2.45) is 0 Å². The van der Waals surface area contributed by atoms with Crippen molar-refractivity contribution < 1.29 is 9.18 Å². The Morgan fingerprint density at radius 3 is 2.66 bits per heavy atom. The number of carbonyl (C=O) groups excluding carboxylic acids is 1. The second kappa shape index (κ2) is 8.73. The first-order valence-electron chi connectivity index (χ1n) is 9.66. The van der Waals surface area contributed by atoms with E-state index >= 15 is 0 Å². The first kappa shape index (κ1) is 19.6. The lowest BCUT2D eigenvalue weighted by Gasteiger charge is -2.22. The van der Waals surface area contributed by atoms with Gasteiger partial charge in [-0.25, -0.2) is 4.39 Å². The van der Waals surface area contributed by atoms with Crippen LogP contribution in [0.25, 0.3) is 11.4 Å². The molecule has 3 aromatic rings. The fraction of sp³-hybridized carbons (Fsp3) is 0.333. The van der Waals surface area contributed by atoms with Crippen molar-refractivity contribution in [1.82, 2.24) is 24.6 Å². The number of amides is 1. The smallest absolute Gasteiger partial charge is 0.233 e. The highest BCUT2D eigenvalue weighted by atomic mass is 32.2. The zero-order valence-electron chi connectivity index (χ0n) is 16.2. The minimum Gasteiger partial charge on any atom is -0.335 e. The largest absolute Gasteiger partial charge is 0.335 e. The van der Waals surface area contributed by atoms with Gasteiger partial charge in [0, 0.05) is 42.7 Å². The molecule has 0 spiro atoms. The molecule has 1 saturated carbocycles. The van der Waals surface area contributed by atoms with Gasteiger partial charge in [-0.3, -0.25) is 9.78 Å². The van der Waals surface area contributed by atoms with Crippen LogP contribution in [-0.4, -0.2) is 42.4 Å². The Kier molecular flexibility index (Phi) is 5.89. The maximum Gasteiger partial charge on any atom is 0.233 e. The molecule has 150 valence electrons. The fourth-order valence-electron chi connectivity index (χ4n) is 3.22. The molecule has 0 bridgehead atoms. The highest BCUT2D eigenvalue weighted by Gasteiger charge is 2.33. The summed E-state index contributed by atoms with van der Waals surface area (Å²) in [4.78, 5) is 18.7. The number of benzene rings is 1. The molecule has 1 aliphatic rings. The molecular weight excluding hydrogens is 389 g/mol. The lowest BCUT2D eigenvalue weighted by atomic mass is 10.2. The van der Waals surface area contributed by atoms with Crippen LogP contribution in [0.15, 0.2) is 53.9 Å². The van der Waals surface area contributed by atoms with Gasteiger partial charge in [0.25, 0.3) is 0 Å². The third-order valence-corrected chi connectivity index (χ3v) is 5.85. The number of thioether (sulfide) groups is 1. The topological polar surface area (TPSA) is 63.9 Å². The fourth-order valence-corrected chi connectivity index (χ4v) is 4.11. The van der Waals surface area contributed by atoms with E-state index in [9.17, 15) is 9.18 Å². The van der Waals surface area contributed by atoms with Gasteiger partial charge in [-0.15, -0.1) is 10.2 Å². The molecule has 1 amide bonds. The first-order chi connectivity index (χ1) is 14.2. The van der Waals surface area contributed by atoms with Gasteiger partial charge >= 0.3 is 0 Å². The number of halogens is 1. The van der Waals surface area contributed by atoms with Crippen LogP contribution in [-0.2, 0) is 17.9 Å². The summed E-state index contributed by atoms with van der Waals surface area (Å²) in [6, 6.07) is 10.6. The van der Waals surface area contributed by atoms with E-state index in [0.717, 1.165) is 24.2 Å². The Morgan fingerprint density at radius 2 is 1.97 bits per heavy atom. The van der Waals surface area contributed by atoms with E-state index in [4.69, 9.17) is 0 Å².